The molecule has 0 aliphatic heterocycles. The van der Waals surface area contributed by atoms with Crippen LogP contribution in [0.15, 0.2) is 0 Å². The van der Waals surface area contributed by atoms with E-state index < -0.39 is 5.60 Å². The highest BCUT2D eigenvalue weighted by molar-refractivity contribution is 5.14. The van der Waals surface area contributed by atoms with Gasteiger partial charge in [-0.3, -0.25) is 0 Å². The smallest absolute Gasteiger partial charge is 0.125 e. The lowest BCUT2D eigenvalue weighted by molar-refractivity contribution is 0.0172. The van der Waals surface area contributed by atoms with Gasteiger partial charge in [-0.1, -0.05) is 18.3 Å². The maximum absolute atomic E-state index is 10.1. The number of rotatable bonds is 1. The molecule has 1 N–H and O–H groups in total. The minimum atomic E-state index is -0.737. The van der Waals surface area contributed by atoms with Gasteiger partial charge in [0.2, 0.25) is 0 Å². The third kappa shape index (κ3) is 5.20. The minimum absolute atomic E-state index is 0.149. The third-order valence-electron chi connectivity index (χ3n) is 2.58. The van der Waals surface area contributed by atoms with Crippen LogP contribution in [0.1, 0.15) is 52.9 Å². The molecule has 15 heavy (non-hydrogen) atoms. The van der Waals surface area contributed by atoms with Crippen molar-refractivity contribution < 1.29 is 9.84 Å². The van der Waals surface area contributed by atoms with Crippen LogP contribution in [0.4, 0.5) is 0 Å². The van der Waals surface area contributed by atoms with E-state index in [9.17, 15) is 5.11 Å². The summed E-state index contributed by atoms with van der Waals surface area (Å²) in [5.41, 5.74) is -0.886. The van der Waals surface area contributed by atoms with E-state index >= 15 is 0 Å². The van der Waals surface area contributed by atoms with Crippen molar-refractivity contribution in [3.8, 4) is 11.8 Å². The van der Waals surface area contributed by atoms with Gasteiger partial charge in [-0.2, -0.15) is 0 Å². The van der Waals surface area contributed by atoms with Crippen LogP contribution < -0.4 is 0 Å². The summed E-state index contributed by atoms with van der Waals surface area (Å²) in [7, 11) is 0. The van der Waals surface area contributed by atoms with Crippen LogP contribution >= 0.6 is 0 Å². The lowest BCUT2D eigenvalue weighted by atomic mass is 9.85. The number of aliphatic hydroxyl groups is 1. The second-order valence-corrected chi connectivity index (χ2v) is 5.30. The van der Waals surface area contributed by atoms with Gasteiger partial charge in [0.15, 0.2) is 0 Å². The van der Waals surface area contributed by atoms with Crippen molar-refractivity contribution >= 4 is 0 Å². The Morgan fingerprint density at radius 2 is 1.80 bits per heavy atom. The summed E-state index contributed by atoms with van der Waals surface area (Å²) in [5, 5.41) is 10.1. The molecule has 1 aliphatic carbocycles. The molecule has 1 fully saturated rings. The lowest BCUT2D eigenvalue weighted by Crippen LogP contribution is -2.29. The Morgan fingerprint density at radius 1 is 1.20 bits per heavy atom. The van der Waals surface area contributed by atoms with Gasteiger partial charge >= 0.3 is 0 Å². The Bertz CT molecular complexity index is 246. The summed E-state index contributed by atoms with van der Waals surface area (Å²) >= 11 is 0. The van der Waals surface area contributed by atoms with Crippen LogP contribution in [-0.2, 0) is 4.74 Å². The van der Waals surface area contributed by atoms with E-state index in [1.54, 1.807) is 0 Å². The molecule has 2 nitrogen and oxygen atoms in total. The van der Waals surface area contributed by atoms with Gasteiger partial charge in [0.05, 0.1) is 5.60 Å². The van der Waals surface area contributed by atoms with E-state index in [4.69, 9.17) is 4.74 Å². The molecule has 0 aromatic heterocycles. The second kappa shape index (κ2) is 5.01. The first-order chi connectivity index (χ1) is 6.91. The van der Waals surface area contributed by atoms with Crippen molar-refractivity contribution in [3.05, 3.63) is 0 Å². The van der Waals surface area contributed by atoms with Gasteiger partial charge in [-0.15, -0.1) is 0 Å². The maximum atomic E-state index is 10.1. The first-order valence-electron chi connectivity index (χ1n) is 5.78. The van der Waals surface area contributed by atoms with Crippen LogP contribution in [0.5, 0.6) is 0 Å². The van der Waals surface area contributed by atoms with Gasteiger partial charge in [0.25, 0.3) is 0 Å². The molecule has 1 saturated carbocycles. The molecule has 0 spiro atoms. The molecular weight excluding hydrogens is 188 g/mol. The fourth-order valence-corrected chi connectivity index (χ4v) is 1.71. The molecule has 86 valence electrons. The maximum Gasteiger partial charge on any atom is 0.125 e. The van der Waals surface area contributed by atoms with E-state index in [-0.39, 0.29) is 5.60 Å². The number of hydrogen-bond donors (Lipinski definition) is 1. The lowest BCUT2D eigenvalue weighted by Gasteiger charge is -2.26. The quantitative estimate of drug-likeness (QED) is 0.674. The number of hydrogen-bond acceptors (Lipinski definition) is 2. The summed E-state index contributed by atoms with van der Waals surface area (Å²) in [4.78, 5) is 0. The van der Waals surface area contributed by atoms with Crippen molar-refractivity contribution in [3.63, 3.8) is 0 Å². The van der Waals surface area contributed by atoms with Gasteiger partial charge in [0, 0.05) is 0 Å². The molecule has 1 rings (SSSR count). The molecule has 2 heteroatoms. The van der Waals surface area contributed by atoms with Gasteiger partial charge in [-0.05, 0) is 46.5 Å². The first-order valence-corrected chi connectivity index (χ1v) is 5.78. The zero-order valence-electron chi connectivity index (χ0n) is 10.1. The van der Waals surface area contributed by atoms with E-state index in [1.807, 2.05) is 20.8 Å². The van der Waals surface area contributed by atoms with Gasteiger partial charge in [-0.25, -0.2) is 0 Å². The normalized spacial score (nSPS) is 20.5. The highest BCUT2D eigenvalue weighted by Gasteiger charge is 2.26. The Labute approximate surface area is 93.0 Å². The van der Waals surface area contributed by atoms with Gasteiger partial charge in [0.1, 0.15) is 12.2 Å². The van der Waals surface area contributed by atoms with Crippen molar-refractivity contribution in [1.29, 1.82) is 0 Å². The molecule has 0 heterocycles. The topological polar surface area (TPSA) is 29.5 Å². The summed E-state index contributed by atoms with van der Waals surface area (Å²) in [6.45, 7) is 6.42. The SMILES string of the molecule is CC(C)(C)OCC#CC1(O)CCCCC1. The summed E-state index contributed by atoms with van der Waals surface area (Å²) in [6, 6.07) is 0. The summed E-state index contributed by atoms with van der Waals surface area (Å²) in [5.74, 6) is 5.88. The van der Waals surface area contributed by atoms with Crippen LogP contribution in [0.3, 0.4) is 0 Å². The summed E-state index contributed by atoms with van der Waals surface area (Å²) < 4.78 is 5.48. The minimum Gasteiger partial charge on any atom is -0.378 e. The first kappa shape index (κ1) is 12.5. The molecule has 1 aliphatic rings. The molecule has 0 saturated heterocycles. The van der Waals surface area contributed by atoms with Crippen molar-refractivity contribution in [2.45, 2.75) is 64.1 Å². The van der Waals surface area contributed by atoms with Crippen molar-refractivity contribution in [1.82, 2.24) is 0 Å². The Kier molecular flexibility index (Phi) is 4.19. The Balaban J connectivity index is 2.36. The largest absolute Gasteiger partial charge is 0.378 e. The highest BCUT2D eigenvalue weighted by atomic mass is 16.5. The van der Waals surface area contributed by atoms with Crippen LogP contribution in [-0.4, -0.2) is 22.9 Å². The van der Waals surface area contributed by atoms with Gasteiger partial charge < -0.3 is 9.84 Å². The third-order valence-corrected chi connectivity index (χ3v) is 2.58. The average molecular weight is 210 g/mol. The molecule has 0 unspecified atom stereocenters. The van der Waals surface area contributed by atoms with Crippen molar-refractivity contribution in [2.75, 3.05) is 6.61 Å². The second-order valence-electron chi connectivity index (χ2n) is 5.30. The molecule has 0 radical (unpaired) electrons. The predicted octanol–water partition coefficient (Wildman–Crippen LogP) is 2.50. The number of ether oxygens (including phenoxy) is 1. The highest BCUT2D eigenvalue weighted by Crippen LogP contribution is 2.27. The van der Waals surface area contributed by atoms with Crippen LogP contribution in [0.2, 0.25) is 0 Å². The van der Waals surface area contributed by atoms with E-state index in [1.165, 1.54) is 6.42 Å². The van der Waals surface area contributed by atoms with E-state index in [0.29, 0.717) is 6.61 Å². The standard InChI is InChI=1S/C13H22O2/c1-12(2,3)15-11-7-10-13(14)8-5-4-6-9-13/h14H,4-6,8-9,11H2,1-3H3. The van der Waals surface area contributed by atoms with Crippen LogP contribution in [0.25, 0.3) is 0 Å². The molecule has 0 atom stereocenters. The van der Waals surface area contributed by atoms with Crippen LogP contribution in [0, 0.1) is 11.8 Å². The molecule has 0 aromatic rings. The zero-order chi connectivity index (χ0) is 11.4. The Morgan fingerprint density at radius 3 is 2.33 bits per heavy atom. The molecule has 0 bridgehead atoms. The van der Waals surface area contributed by atoms with E-state index in [0.717, 1.165) is 25.7 Å². The fourth-order valence-electron chi connectivity index (χ4n) is 1.71. The molecule has 0 aromatic carbocycles. The fraction of sp³-hybridized carbons (Fsp3) is 0.846. The zero-order valence-corrected chi connectivity index (χ0v) is 10.1. The van der Waals surface area contributed by atoms with E-state index in [2.05, 4.69) is 11.8 Å². The monoisotopic (exact) mass is 210 g/mol. The van der Waals surface area contributed by atoms with Crippen molar-refractivity contribution in [2.24, 2.45) is 0 Å². The summed E-state index contributed by atoms with van der Waals surface area (Å²) in [6.07, 6.45) is 5.03. The molecule has 0 amide bonds. The predicted molar refractivity (Wildman–Crippen MR) is 61.5 cm³/mol. The Hall–Kier alpha value is -0.520. The molecular formula is C13H22O2. The average Bonchev–Trinajstić information content (AvgIpc) is 2.12.